The van der Waals surface area contributed by atoms with Crippen LogP contribution in [0, 0.1) is 0 Å². The molecule has 1 aromatic heterocycles. The van der Waals surface area contributed by atoms with Gasteiger partial charge in [-0.2, -0.15) is 11.3 Å². The van der Waals surface area contributed by atoms with Crippen LogP contribution in [0.2, 0.25) is 5.02 Å². The SMILES string of the molecule is Nc1cc(-c2ccsc2)ccc1Cl. The topological polar surface area (TPSA) is 26.0 Å². The van der Waals surface area contributed by atoms with Crippen LogP contribution >= 0.6 is 22.9 Å². The molecule has 3 heteroatoms. The largest absolute Gasteiger partial charge is 0.398 e. The Morgan fingerprint density at radius 2 is 2.00 bits per heavy atom. The van der Waals surface area contributed by atoms with Crippen LogP contribution in [0.25, 0.3) is 11.1 Å². The lowest BCUT2D eigenvalue weighted by Gasteiger charge is -2.01. The molecule has 0 amide bonds. The Kier molecular flexibility index (Phi) is 2.25. The first kappa shape index (κ1) is 8.60. The van der Waals surface area contributed by atoms with Gasteiger partial charge in [-0.05, 0) is 40.1 Å². The summed E-state index contributed by atoms with van der Waals surface area (Å²) in [5.41, 5.74) is 8.63. The van der Waals surface area contributed by atoms with Crippen molar-refractivity contribution in [3.63, 3.8) is 0 Å². The van der Waals surface area contributed by atoms with E-state index in [-0.39, 0.29) is 0 Å². The molecule has 66 valence electrons. The summed E-state index contributed by atoms with van der Waals surface area (Å²) in [6, 6.07) is 7.75. The van der Waals surface area contributed by atoms with Crippen molar-refractivity contribution in [1.29, 1.82) is 0 Å². The molecule has 1 heterocycles. The van der Waals surface area contributed by atoms with E-state index in [1.54, 1.807) is 11.3 Å². The minimum atomic E-state index is 0.610. The quantitative estimate of drug-likeness (QED) is 0.713. The summed E-state index contributed by atoms with van der Waals surface area (Å²) in [6.07, 6.45) is 0. The predicted octanol–water partition coefficient (Wildman–Crippen LogP) is 3.65. The molecule has 1 aromatic carbocycles. The fraction of sp³-hybridized carbons (Fsp3) is 0. The smallest absolute Gasteiger partial charge is 0.0635 e. The summed E-state index contributed by atoms with van der Waals surface area (Å²) in [4.78, 5) is 0. The van der Waals surface area contributed by atoms with Crippen LogP contribution in [-0.4, -0.2) is 0 Å². The molecule has 13 heavy (non-hydrogen) atoms. The summed E-state index contributed by atoms with van der Waals surface area (Å²) in [6.45, 7) is 0. The Hall–Kier alpha value is -0.990. The van der Waals surface area contributed by atoms with E-state index in [0.717, 1.165) is 5.56 Å². The van der Waals surface area contributed by atoms with E-state index in [1.165, 1.54) is 5.56 Å². The maximum absolute atomic E-state index is 5.82. The van der Waals surface area contributed by atoms with Gasteiger partial charge < -0.3 is 5.73 Å². The van der Waals surface area contributed by atoms with Gasteiger partial charge in [0.05, 0.1) is 10.7 Å². The number of nitrogen functional groups attached to an aromatic ring is 1. The Balaban J connectivity index is 2.49. The molecule has 0 atom stereocenters. The molecular weight excluding hydrogens is 202 g/mol. The van der Waals surface area contributed by atoms with Crippen molar-refractivity contribution in [1.82, 2.24) is 0 Å². The summed E-state index contributed by atoms with van der Waals surface area (Å²) in [5, 5.41) is 4.74. The number of benzene rings is 1. The lowest BCUT2D eigenvalue weighted by Crippen LogP contribution is -1.86. The van der Waals surface area contributed by atoms with Crippen LogP contribution in [0.1, 0.15) is 0 Å². The molecule has 0 saturated carbocycles. The minimum absolute atomic E-state index is 0.610. The van der Waals surface area contributed by atoms with E-state index >= 15 is 0 Å². The summed E-state index contributed by atoms with van der Waals surface area (Å²) in [5.74, 6) is 0. The number of rotatable bonds is 1. The highest BCUT2D eigenvalue weighted by Crippen LogP contribution is 2.27. The molecular formula is C10H8ClNS. The zero-order valence-corrected chi connectivity index (χ0v) is 8.40. The van der Waals surface area contributed by atoms with Gasteiger partial charge in [0.25, 0.3) is 0 Å². The standard InChI is InChI=1S/C10H8ClNS/c11-9-2-1-7(5-10(9)12)8-3-4-13-6-8/h1-6H,12H2. The molecule has 1 nitrogen and oxygen atoms in total. The molecule has 0 radical (unpaired) electrons. The van der Waals surface area contributed by atoms with Crippen molar-refractivity contribution in [2.24, 2.45) is 0 Å². The molecule has 0 aliphatic heterocycles. The van der Waals surface area contributed by atoms with E-state index in [2.05, 4.69) is 11.4 Å². The summed E-state index contributed by atoms with van der Waals surface area (Å²) < 4.78 is 0. The second-order valence-corrected chi connectivity index (χ2v) is 3.94. The van der Waals surface area contributed by atoms with Gasteiger partial charge in [0.2, 0.25) is 0 Å². The first-order valence-corrected chi connectivity index (χ1v) is 5.17. The Bertz CT molecular complexity index is 409. The lowest BCUT2D eigenvalue weighted by atomic mass is 10.1. The van der Waals surface area contributed by atoms with Crippen molar-refractivity contribution in [3.05, 3.63) is 40.0 Å². The number of hydrogen-bond donors (Lipinski definition) is 1. The van der Waals surface area contributed by atoms with Crippen molar-refractivity contribution < 1.29 is 0 Å². The second kappa shape index (κ2) is 3.40. The first-order chi connectivity index (χ1) is 6.27. The fourth-order valence-electron chi connectivity index (χ4n) is 1.15. The molecule has 2 N–H and O–H groups in total. The van der Waals surface area contributed by atoms with Crippen LogP contribution in [0.5, 0.6) is 0 Å². The minimum Gasteiger partial charge on any atom is -0.398 e. The van der Waals surface area contributed by atoms with Gasteiger partial charge in [-0.3, -0.25) is 0 Å². The second-order valence-electron chi connectivity index (χ2n) is 2.75. The Morgan fingerprint density at radius 3 is 2.62 bits per heavy atom. The summed E-state index contributed by atoms with van der Waals surface area (Å²) >= 11 is 7.49. The van der Waals surface area contributed by atoms with Gasteiger partial charge in [0.15, 0.2) is 0 Å². The van der Waals surface area contributed by atoms with Crippen molar-refractivity contribution in [2.45, 2.75) is 0 Å². The number of anilines is 1. The number of halogens is 1. The van der Waals surface area contributed by atoms with Crippen molar-refractivity contribution in [3.8, 4) is 11.1 Å². The Morgan fingerprint density at radius 1 is 1.15 bits per heavy atom. The molecule has 0 aliphatic rings. The van der Waals surface area contributed by atoms with E-state index in [0.29, 0.717) is 10.7 Å². The third kappa shape index (κ3) is 1.69. The van der Waals surface area contributed by atoms with E-state index in [4.69, 9.17) is 17.3 Å². The normalized spacial score (nSPS) is 10.2. The van der Waals surface area contributed by atoms with Crippen molar-refractivity contribution >= 4 is 28.6 Å². The van der Waals surface area contributed by atoms with E-state index < -0.39 is 0 Å². The molecule has 0 unspecified atom stereocenters. The molecule has 2 aromatic rings. The third-order valence-electron chi connectivity index (χ3n) is 1.85. The molecule has 0 saturated heterocycles. The van der Waals surface area contributed by atoms with E-state index in [1.807, 2.05) is 23.6 Å². The average Bonchev–Trinajstić information content (AvgIpc) is 2.62. The number of thiophene rings is 1. The molecule has 0 bridgehead atoms. The molecule has 2 rings (SSSR count). The van der Waals surface area contributed by atoms with Crippen LogP contribution in [0.4, 0.5) is 5.69 Å². The molecule has 0 aliphatic carbocycles. The maximum Gasteiger partial charge on any atom is 0.0635 e. The monoisotopic (exact) mass is 209 g/mol. The van der Waals surface area contributed by atoms with Crippen LogP contribution < -0.4 is 5.73 Å². The van der Waals surface area contributed by atoms with Crippen LogP contribution in [-0.2, 0) is 0 Å². The van der Waals surface area contributed by atoms with Gasteiger partial charge in [-0.15, -0.1) is 0 Å². The molecule has 0 spiro atoms. The van der Waals surface area contributed by atoms with Crippen LogP contribution in [0.15, 0.2) is 35.0 Å². The van der Waals surface area contributed by atoms with Crippen LogP contribution in [0.3, 0.4) is 0 Å². The predicted molar refractivity (Wildman–Crippen MR) is 59.2 cm³/mol. The Labute approximate surface area is 85.8 Å². The zero-order chi connectivity index (χ0) is 9.26. The zero-order valence-electron chi connectivity index (χ0n) is 6.83. The number of hydrogen-bond acceptors (Lipinski definition) is 2. The van der Waals surface area contributed by atoms with Gasteiger partial charge >= 0.3 is 0 Å². The van der Waals surface area contributed by atoms with Gasteiger partial charge in [-0.25, -0.2) is 0 Å². The van der Waals surface area contributed by atoms with Gasteiger partial charge in [0.1, 0.15) is 0 Å². The highest BCUT2D eigenvalue weighted by molar-refractivity contribution is 7.08. The first-order valence-electron chi connectivity index (χ1n) is 3.85. The number of nitrogens with two attached hydrogens (primary N) is 1. The van der Waals surface area contributed by atoms with Crippen molar-refractivity contribution in [2.75, 3.05) is 5.73 Å². The average molecular weight is 210 g/mol. The highest BCUT2D eigenvalue weighted by Gasteiger charge is 2.00. The van der Waals surface area contributed by atoms with Gasteiger partial charge in [-0.1, -0.05) is 17.7 Å². The third-order valence-corrected chi connectivity index (χ3v) is 2.88. The van der Waals surface area contributed by atoms with Gasteiger partial charge in [0, 0.05) is 0 Å². The molecule has 0 fully saturated rings. The highest BCUT2D eigenvalue weighted by atomic mass is 35.5. The fourth-order valence-corrected chi connectivity index (χ4v) is 1.93. The summed E-state index contributed by atoms with van der Waals surface area (Å²) in [7, 11) is 0. The van der Waals surface area contributed by atoms with E-state index in [9.17, 15) is 0 Å². The lowest BCUT2D eigenvalue weighted by molar-refractivity contribution is 1.66. The maximum atomic E-state index is 5.82.